The zero-order valence-corrected chi connectivity index (χ0v) is 18.1. The van der Waals surface area contributed by atoms with Crippen molar-refractivity contribution in [1.82, 2.24) is 0 Å². The van der Waals surface area contributed by atoms with Crippen molar-refractivity contribution in [2.45, 2.75) is 90.6 Å². The Morgan fingerprint density at radius 1 is 0.857 bits per heavy atom. The van der Waals surface area contributed by atoms with Gasteiger partial charge in [0.15, 0.2) is 0 Å². The monoisotopic (exact) mass is 380 g/mol. The summed E-state index contributed by atoms with van der Waals surface area (Å²) in [6, 6.07) is 11.1. The molecule has 1 aromatic rings. The van der Waals surface area contributed by atoms with Gasteiger partial charge in [-0.25, -0.2) is 0 Å². The van der Waals surface area contributed by atoms with Gasteiger partial charge in [-0.3, -0.25) is 0 Å². The number of hydrogen-bond donors (Lipinski definition) is 1. The highest BCUT2D eigenvalue weighted by atomic mass is 16.3. The number of benzene rings is 1. The molecule has 0 aromatic heterocycles. The van der Waals surface area contributed by atoms with Gasteiger partial charge in [0.05, 0.1) is 6.10 Å². The van der Waals surface area contributed by atoms with Gasteiger partial charge in [-0.05, 0) is 117 Å². The molecule has 4 aliphatic rings. The first kappa shape index (κ1) is 19.2. The van der Waals surface area contributed by atoms with Crippen LogP contribution in [0.4, 0.5) is 0 Å². The van der Waals surface area contributed by atoms with Gasteiger partial charge < -0.3 is 5.11 Å². The Kier molecular flexibility index (Phi) is 4.89. The van der Waals surface area contributed by atoms with E-state index in [0.29, 0.717) is 10.8 Å². The Hall–Kier alpha value is -0.820. The first-order valence-electron chi connectivity index (χ1n) is 12.2. The summed E-state index contributed by atoms with van der Waals surface area (Å²) in [7, 11) is 0. The van der Waals surface area contributed by atoms with E-state index in [1.54, 1.807) is 0 Å². The quantitative estimate of drug-likeness (QED) is 0.623. The molecule has 0 spiro atoms. The van der Waals surface area contributed by atoms with Gasteiger partial charge in [0, 0.05) is 0 Å². The van der Waals surface area contributed by atoms with Crippen LogP contribution < -0.4 is 0 Å². The second-order valence-corrected chi connectivity index (χ2v) is 11.4. The summed E-state index contributed by atoms with van der Waals surface area (Å²) >= 11 is 0. The van der Waals surface area contributed by atoms with Crippen molar-refractivity contribution in [1.29, 1.82) is 0 Å². The molecule has 1 nitrogen and oxygen atoms in total. The lowest BCUT2D eigenvalue weighted by molar-refractivity contribution is -0.126. The van der Waals surface area contributed by atoms with E-state index in [9.17, 15) is 5.11 Å². The van der Waals surface area contributed by atoms with E-state index in [2.05, 4.69) is 44.2 Å². The molecule has 0 amide bonds. The van der Waals surface area contributed by atoms with Crippen LogP contribution in [0.25, 0.3) is 0 Å². The molecule has 4 saturated carbocycles. The fourth-order valence-electron chi connectivity index (χ4n) is 8.80. The van der Waals surface area contributed by atoms with Crippen LogP contribution in [-0.4, -0.2) is 11.2 Å². The Morgan fingerprint density at radius 3 is 2.43 bits per heavy atom. The first-order chi connectivity index (χ1) is 13.5. The summed E-state index contributed by atoms with van der Waals surface area (Å²) in [5.74, 6) is 4.59. The van der Waals surface area contributed by atoms with Gasteiger partial charge in [-0.1, -0.05) is 44.2 Å². The zero-order valence-electron chi connectivity index (χ0n) is 18.1. The summed E-state index contributed by atoms with van der Waals surface area (Å²) in [6.07, 6.45) is 14.8. The summed E-state index contributed by atoms with van der Waals surface area (Å²) in [5.41, 5.74) is 2.64. The molecule has 5 rings (SSSR count). The lowest BCUT2D eigenvalue weighted by Crippen LogP contribution is -2.53. The van der Waals surface area contributed by atoms with E-state index in [1.165, 1.54) is 63.4 Å². The number of aryl methyl sites for hydroxylation is 1. The minimum atomic E-state index is -0.0164. The molecular formula is C27H40O. The van der Waals surface area contributed by atoms with Crippen molar-refractivity contribution in [3.8, 4) is 0 Å². The summed E-state index contributed by atoms with van der Waals surface area (Å²) in [4.78, 5) is 0. The van der Waals surface area contributed by atoms with Gasteiger partial charge in [0.2, 0.25) is 0 Å². The number of fused-ring (bicyclic) bond motifs is 5. The molecule has 28 heavy (non-hydrogen) atoms. The Morgan fingerprint density at radius 2 is 1.61 bits per heavy atom. The fourth-order valence-corrected chi connectivity index (χ4v) is 8.80. The maximum atomic E-state index is 10.2. The predicted molar refractivity (Wildman–Crippen MR) is 116 cm³/mol. The van der Waals surface area contributed by atoms with Gasteiger partial charge in [0.25, 0.3) is 0 Å². The standard InChI is InChI=1S/C27H40O/c1-26-17-15-25-23(12-10-21-18-22(28)14-16-27(21,25)2)24(26)13-11-20(26)9-8-19-6-4-3-5-7-19/h3-7,20-25,28H,8-18H2,1-2H3/t20-,21?,22?,23?,24?,25?,26?,27?/m0/s1. The highest BCUT2D eigenvalue weighted by Gasteiger charge is 2.59. The normalized spacial score (nSPS) is 47.8. The summed E-state index contributed by atoms with van der Waals surface area (Å²) < 4.78 is 0. The van der Waals surface area contributed by atoms with Crippen molar-refractivity contribution in [3.63, 3.8) is 0 Å². The second-order valence-electron chi connectivity index (χ2n) is 11.4. The zero-order chi connectivity index (χ0) is 19.4. The molecule has 0 radical (unpaired) electrons. The molecule has 154 valence electrons. The second kappa shape index (κ2) is 7.15. The van der Waals surface area contributed by atoms with Crippen LogP contribution in [0.15, 0.2) is 30.3 Å². The molecule has 0 saturated heterocycles. The molecule has 1 heteroatoms. The highest BCUT2D eigenvalue weighted by molar-refractivity contribution is 5.15. The molecular weight excluding hydrogens is 340 g/mol. The third kappa shape index (κ3) is 2.99. The maximum Gasteiger partial charge on any atom is 0.0543 e. The number of aliphatic hydroxyl groups is 1. The smallest absolute Gasteiger partial charge is 0.0543 e. The van der Waals surface area contributed by atoms with Crippen molar-refractivity contribution in [3.05, 3.63) is 35.9 Å². The fraction of sp³-hybridized carbons (Fsp3) is 0.778. The van der Waals surface area contributed by atoms with Crippen molar-refractivity contribution < 1.29 is 5.11 Å². The minimum Gasteiger partial charge on any atom is -0.393 e. The van der Waals surface area contributed by atoms with Crippen LogP contribution >= 0.6 is 0 Å². The molecule has 8 atom stereocenters. The molecule has 0 heterocycles. The largest absolute Gasteiger partial charge is 0.393 e. The molecule has 4 aliphatic carbocycles. The van der Waals surface area contributed by atoms with Crippen molar-refractivity contribution in [2.75, 3.05) is 0 Å². The average molecular weight is 381 g/mol. The summed E-state index contributed by atoms with van der Waals surface area (Å²) in [5, 5.41) is 10.2. The van der Waals surface area contributed by atoms with Crippen LogP contribution in [-0.2, 0) is 6.42 Å². The van der Waals surface area contributed by atoms with Crippen LogP contribution in [0.5, 0.6) is 0 Å². The number of rotatable bonds is 3. The number of aliphatic hydroxyl groups excluding tert-OH is 1. The minimum absolute atomic E-state index is 0.0164. The highest BCUT2D eigenvalue weighted by Crippen LogP contribution is 2.67. The Balaban J connectivity index is 1.31. The Bertz CT molecular complexity index is 683. The van der Waals surface area contributed by atoms with Crippen LogP contribution in [0.1, 0.15) is 83.6 Å². The summed E-state index contributed by atoms with van der Waals surface area (Å²) in [6.45, 7) is 5.29. The lowest BCUT2D eigenvalue weighted by Gasteiger charge is -2.61. The van der Waals surface area contributed by atoms with E-state index in [1.807, 2.05) is 0 Å². The maximum absolute atomic E-state index is 10.2. The average Bonchev–Trinajstić information content (AvgIpc) is 3.04. The molecule has 1 aromatic carbocycles. The van der Waals surface area contributed by atoms with E-state index in [-0.39, 0.29) is 6.10 Å². The SMILES string of the molecule is CC12CCC(O)CC1CCC1C2CCC2(C)C1CC[C@@H]2CCc1ccccc1. The van der Waals surface area contributed by atoms with Gasteiger partial charge in [-0.15, -0.1) is 0 Å². The van der Waals surface area contributed by atoms with Gasteiger partial charge in [0.1, 0.15) is 0 Å². The first-order valence-corrected chi connectivity index (χ1v) is 12.2. The molecule has 0 bridgehead atoms. The van der Waals surface area contributed by atoms with E-state index >= 15 is 0 Å². The van der Waals surface area contributed by atoms with Crippen molar-refractivity contribution >= 4 is 0 Å². The van der Waals surface area contributed by atoms with E-state index < -0.39 is 0 Å². The van der Waals surface area contributed by atoms with E-state index in [0.717, 1.165) is 42.4 Å². The molecule has 1 N–H and O–H groups in total. The third-order valence-electron chi connectivity index (χ3n) is 10.5. The number of hydrogen-bond acceptors (Lipinski definition) is 1. The van der Waals surface area contributed by atoms with Crippen LogP contribution in [0.2, 0.25) is 0 Å². The molecule has 0 aliphatic heterocycles. The third-order valence-corrected chi connectivity index (χ3v) is 10.5. The molecule has 4 fully saturated rings. The van der Waals surface area contributed by atoms with Crippen molar-refractivity contribution in [2.24, 2.45) is 40.4 Å². The van der Waals surface area contributed by atoms with Crippen LogP contribution in [0.3, 0.4) is 0 Å². The van der Waals surface area contributed by atoms with Gasteiger partial charge in [-0.2, -0.15) is 0 Å². The van der Waals surface area contributed by atoms with Gasteiger partial charge >= 0.3 is 0 Å². The molecule has 7 unspecified atom stereocenters. The Labute approximate surface area is 172 Å². The predicted octanol–water partition coefficient (Wildman–Crippen LogP) is 6.64. The van der Waals surface area contributed by atoms with Crippen LogP contribution in [0, 0.1) is 40.4 Å². The topological polar surface area (TPSA) is 20.2 Å². The lowest BCUT2D eigenvalue weighted by atomic mass is 9.44. The van der Waals surface area contributed by atoms with E-state index in [4.69, 9.17) is 0 Å².